The summed E-state index contributed by atoms with van der Waals surface area (Å²) >= 11 is 0. The van der Waals surface area contributed by atoms with Crippen molar-refractivity contribution in [2.45, 2.75) is 24.7 Å². The molecule has 2 rings (SSSR count). The van der Waals surface area contributed by atoms with E-state index in [1.807, 2.05) is 0 Å². The maximum atomic E-state index is 13.4. The van der Waals surface area contributed by atoms with Gasteiger partial charge in [-0.05, 0) is 50.1 Å². The molecule has 0 aromatic heterocycles. The average molecular weight is 344 g/mol. The number of sulfonamides is 1. The second-order valence-electron chi connectivity index (χ2n) is 5.86. The Morgan fingerprint density at radius 1 is 1.22 bits per heavy atom. The summed E-state index contributed by atoms with van der Waals surface area (Å²) in [6.07, 6.45) is 1.74. The lowest BCUT2D eigenvalue weighted by Gasteiger charge is -2.21. The summed E-state index contributed by atoms with van der Waals surface area (Å²) in [7, 11) is -1.88. The van der Waals surface area contributed by atoms with E-state index in [1.165, 1.54) is 22.5 Å². The predicted octanol–water partition coefficient (Wildman–Crippen LogP) is 1.87. The van der Waals surface area contributed by atoms with Gasteiger partial charge in [-0.3, -0.25) is 0 Å². The fourth-order valence-electron chi connectivity index (χ4n) is 2.77. The Balaban J connectivity index is 2.04. The molecule has 7 heteroatoms. The van der Waals surface area contributed by atoms with E-state index in [-0.39, 0.29) is 10.7 Å². The molecule has 1 saturated heterocycles. The van der Waals surface area contributed by atoms with Crippen LogP contribution in [0, 0.1) is 12.7 Å². The molecule has 0 radical (unpaired) electrons. The van der Waals surface area contributed by atoms with Crippen molar-refractivity contribution in [3.05, 3.63) is 29.6 Å². The zero-order chi connectivity index (χ0) is 16.9. The Bertz CT molecular complexity index is 622. The van der Waals surface area contributed by atoms with Crippen LogP contribution in [0.1, 0.15) is 18.4 Å². The van der Waals surface area contributed by atoms with Crippen LogP contribution in [0.2, 0.25) is 0 Å². The van der Waals surface area contributed by atoms with Crippen molar-refractivity contribution >= 4 is 10.0 Å². The molecule has 1 fully saturated rings. The number of ether oxygens (including phenoxy) is 1. The van der Waals surface area contributed by atoms with Crippen LogP contribution in [0.4, 0.5) is 4.39 Å². The van der Waals surface area contributed by atoms with Gasteiger partial charge in [-0.2, -0.15) is 4.31 Å². The van der Waals surface area contributed by atoms with Crippen molar-refractivity contribution in [3.8, 4) is 0 Å². The quantitative estimate of drug-likeness (QED) is 0.739. The zero-order valence-corrected chi connectivity index (χ0v) is 14.6. The molecule has 1 aliphatic rings. The molecule has 1 aromatic rings. The maximum Gasteiger partial charge on any atom is 0.243 e. The fourth-order valence-corrected chi connectivity index (χ4v) is 4.33. The van der Waals surface area contributed by atoms with Gasteiger partial charge in [0.2, 0.25) is 10.0 Å². The summed E-state index contributed by atoms with van der Waals surface area (Å²) in [6.45, 7) is 5.77. The molecule has 130 valence electrons. The van der Waals surface area contributed by atoms with E-state index in [9.17, 15) is 12.8 Å². The van der Waals surface area contributed by atoms with Crippen molar-refractivity contribution < 1.29 is 17.5 Å². The number of hydrogen-bond acceptors (Lipinski definition) is 4. The third-order valence-corrected chi connectivity index (χ3v) is 6.03. The van der Waals surface area contributed by atoms with Crippen LogP contribution >= 0.6 is 0 Å². The lowest BCUT2D eigenvalue weighted by Crippen LogP contribution is -2.35. The molecule has 0 bridgehead atoms. The van der Waals surface area contributed by atoms with Gasteiger partial charge < -0.3 is 9.64 Å². The summed E-state index contributed by atoms with van der Waals surface area (Å²) < 4.78 is 45.4. The Morgan fingerprint density at radius 2 is 2.00 bits per heavy atom. The summed E-state index contributed by atoms with van der Waals surface area (Å²) in [5.74, 6) is -0.385. The molecule has 0 N–H and O–H groups in total. The first-order chi connectivity index (χ1) is 10.9. The molecule has 1 aromatic carbocycles. The van der Waals surface area contributed by atoms with Gasteiger partial charge in [-0.1, -0.05) is 0 Å². The Labute approximate surface area is 138 Å². The Morgan fingerprint density at radius 3 is 2.70 bits per heavy atom. The van der Waals surface area contributed by atoms with E-state index >= 15 is 0 Å². The van der Waals surface area contributed by atoms with E-state index in [2.05, 4.69) is 4.90 Å². The first-order valence-electron chi connectivity index (χ1n) is 7.93. The molecule has 0 saturated carbocycles. The van der Waals surface area contributed by atoms with E-state index in [1.54, 1.807) is 14.0 Å². The molecule has 1 aliphatic heterocycles. The van der Waals surface area contributed by atoms with Crippen LogP contribution in [-0.2, 0) is 14.8 Å². The monoisotopic (exact) mass is 344 g/mol. The molecule has 0 amide bonds. The van der Waals surface area contributed by atoms with Crippen molar-refractivity contribution in [1.82, 2.24) is 9.21 Å². The summed E-state index contributed by atoms with van der Waals surface area (Å²) in [4.78, 5) is 2.44. The van der Waals surface area contributed by atoms with E-state index in [0.717, 1.165) is 25.9 Å². The smallest absolute Gasteiger partial charge is 0.243 e. The number of methoxy groups -OCH3 is 1. The minimum Gasteiger partial charge on any atom is -0.385 e. The Hall–Kier alpha value is -1.02. The normalized spacial score (nSPS) is 18.0. The van der Waals surface area contributed by atoms with E-state index < -0.39 is 10.0 Å². The van der Waals surface area contributed by atoms with Gasteiger partial charge in [0.05, 0.1) is 4.90 Å². The number of aryl methyl sites for hydroxylation is 1. The molecular weight excluding hydrogens is 319 g/mol. The highest BCUT2D eigenvalue weighted by atomic mass is 32.2. The minimum atomic E-state index is -3.56. The van der Waals surface area contributed by atoms with Crippen LogP contribution in [-0.4, -0.2) is 64.1 Å². The van der Waals surface area contributed by atoms with Gasteiger partial charge in [0, 0.05) is 39.9 Å². The first-order valence-corrected chi connectivity index (χ1v) is 9.37. The molecule has 0 unspecified atom stereocenters. The number of benzene rings is 1. The highest BCUT2D eigenvalue weighted by Crippen LogP contribution is 2.20. The fraction of sp³-hybridized carbons (Fsp3) is 0.625. The topological polar surface area (TPSA) is 49.9 Å². The van der Waals surface area contributed by atoms with Crippen LogP contribution < -0.4 is 0 Å². The first kappa shape index (κ1) is 18.3. The maximum absolute atomic E-state index is 13.4. The largest absolute Gasteiger partial charge is 0.385 e. The van der Waals surface area contributed by atoms with Crippen LogP contribution in [0.5, 0.6) is 0 Å². The SMILES string of the molecule is COCCCN1CCCN(S(=O)(=O)c2ccc(F)c(C)c2)CC1. The third kappa shape index (κ3) is 4.73. The van der Waals surface area contributed by atoms with Crippen LogP contribution in [0.25, 0.3) is 0 Å². The summed E-state index contributed by atoms with van der Waals surface area (Å²) in [5, 5.41) is 0. The van der Waals surface area contributed by atoms with Gasteiger partial charge in [0.1, 0.15) is 5.82 Å². The molecule has 0 spiro atoms. The highest BCUT2D eigenvalue weighted by Gasteiger charge is 2.27. The number of halogens is 1. The molecule has 0 atom stereocenters. The second kappa shape index (κ2) is 8.19. The standard InChI is InChI=1S/C16H25FN2O3S/c1-14-13-15(5-6-16(14)17)23(20,21)19-9-3-7-18(10-11-19)8-4-12-22-2/h5-6,13H,3-4,7-12H2,1-2H3. The van der Waals surface area contributed by atoms with Crippen LogP contribution in [0.15, 0.2) is 23.1 Å². The molecular formula is C16H25FN2O3S. The van der Waals surface area contributed by atoms with Crippen molar-refractivity contribution in [2.24, 2.45) is 0 Å². The van der Waals surface area contributed by atoms with Gasteiger partial charge in [-0.25, -0.2) is 12.8 Å². The van der Waals surface area contributed by atoms with Gasteiger partial charge in [-0.15, -0.1) is 0 Å². The number of hydrogen-bond donors (Lipinski definition) is 0. The average Bonchev–Trinajstić information content (AvgIpc) is 2.76. The third-order valence-electron chi connectivity index (χ3n) is 4.14. The van der Waals surface area contributed by atoms with Gasteiger partial charge in [0.25, 0.3) is 0 Å². The lowest BCUT2D eigenvalue weighted by atomic mass is 10.2. The van der Waals surface area contributed by atoms with Gasteiger partial charge >= 0.3 is 0 Å². The van der Waals surface area contributed by atoms with Crippen molar-refractivity contribution in [3.63, 3.8) is 0 Å². The predicted molar refractivity (Wildman–Crippen MR) is 87.4 cm³/mol. The summed E-state index contributed by atoms with van der Waals surface area (Å²) in [6, 6.07) is 3.97. The number of nitrogens with zero attached hydrogens (tertiary/aromatic N) is 2. The van der Waals surface area contributed by atoms with E-state index in [0.29, 0.717) is 31.8 Å². The van der Waals surface area contributed by atoms with Gasteiger partial charge in [0.15, 0.2) is 0 Å². The summed E-state index contributed by atoms with van der Waals surface area (Å²) in [5.41, 5.74) is 0.349. The highest BCUT2D eigenvalue weighted by molar-refractivity contribution is 7.89. The minimum absolute atomic E-state index is 0.171. The molecule has 23 heavy (non-hydrogen) atoms. The van der Waals surface area contributed by atoms with E-state index in [4.69, 9.17) is 4.74 Å². The van der Waals surface area contributed by atoms with Crippen molar-refractivity contribution in [2.75, 3.05) is 46.4 Å². The molecule has 0 aliphatic carbocycles. The zero-order valence-electron chi connectivity index (χ0n) is 13.8. The molecule has 5 nitrogen and oxygen atoms in total. The Kier molecular flexibility index (Phi) is 6.52. The second-order valence-corrected chi connectivity index (χ2v) is 7.79. The molecule has 1 heterocycles. The van der Waals surface area contributed by atoms with Crippen molar-refractivity contribution in [1.29, 1.82) is 0 Å². The van der Waals surface area contributed by atoms with Crippen LogP contribution in [0.3, 0.4) is 0 Å². The number of rotatable bonds is 6. The lowest BCUT2D eigenvalue weighted by molar-refractivity contribution is 0.173.